The Morgan fingerprint density at radius 3 is 3.05 bits per heavy atom. The van der Waals surface area contributed by atoms with Crippen LogP contribution in [0.25, 0.3) is 5.82 Å². The molecule has 0 fully saturated rings. The Bertz CT molecular complexity index is 564. The van der Waals surface area contributed by atoms with Gasteiger partial charge in [0.2, 0.25) is 5.91 Å². The molecule has 19 heavy (non-hydrogen) atoms. The van der Waals surface area contributed by atoms with Crippen molar-refractivity contribution in [1.82, 2.24) is 14.8 Å². The summed E-state index contributed by atoms with van der Waals surface area (Å²) in [6.07, 6.45) is 7.06. The molecule has 2 rings (SSSR count). The van der Waals surface area contributed by atoms with E-state index < -0.39 is 6.04 Å². The molecule has 1 unspecified atom stereocenters. The van der Waals surface area contributed by atoms with E-state index in [9.17, 15) is 4.79 Å². The summed E-state index contributed by atoms with van der Waals surface area (Å²) in [4.78, 5) is 16.1. The predicted molar refractivity (Wildman–Crippen MR) is 72.8 cm³/mol. The molecule has 0 aliphatic carbocycles. The van der Waals surface area contributed by atoms with Gasteiger partial charge in [0, 0.05) is 18.6 Å². The Morgan fingerprint density at radius 1 is 1.53 bits per heavy atom. The molecular weight excluding hydrogens is 242 g/mol. The van der Waals surface area contributed by atoms with Crippen LogP contribution in [0.3, 0.4) is 0 Å². The minimum Gasteiger partial charge on any atom is -0.322 e. The van der Waals surface area contributed by atoms with Crippen molar-refractivity contribution in [3.63, 3.8) is 0 Å². The van der Waals surface area contributed by atoms with Gasteiger partial charge >= 0.3 is 0 Å². The first-order valence-electron chi connectivity index (χ1n) is 5.84. The van der Waals surface area contributed by atoms with E-state index in [1.54, 1.807) is 47.5 Å². The number of carbonyl (C=O) groups is 1. The number of nitrogens with two attached hydrogens (primary N) is 1. The third-order valence-electron chi connectivity index (χ3n) is 2.52. The lowest BCUT2D eigenvalue weighted by Gasteiger charge is -2.12. The first-order valence-corrected chi connectivity index (χ1v) is 5.84. The molecule has 1 atom stereocenters. The molecular formula is C13H15N5O. The highest BCUT2D eigenvalue weighted by Gasteiger charge is 2.14. The molecule has 98 valence electrons. The van der Waals surface area contributed by atoms with E-state index in [2.05, 4.69) is 22.0 Å². The number of nitrogens with one attached hydrogen (secondary N) is 1. The van der Waals surface area contributed by atoms with Crippen molar-refractivity contribution in [3.05, 3.63) is 49.4 Å². The molecule has 0 bridgehead atoms. The SMILES string of the molecule is C=CCC(N)C(=O)Nc1cccnc1-n1cccn1. The van der Waals surface area contributed by atoms with Gasteiger partial charge in [0.25, 0.3) is 0 Å². The van der Waals surface area contributed by atoms with E-state index in [0.29, 0.717) is 17.9 Å². The highest BCUT2D eigenvalue weighted by molar-refractivity contribution is 5.96. The minimum atomic E-state index is -0.622. The fourth-order valence-electron chi connectivity index (χ4n) is 1.58. The molecule has 2 aromatic heterocycles. The third kappa shape index (κ3) is 3.05. The van der Waals surface area contributed by atoms with Crippen LogP contribution in [0.2, 0.25) is 0 Å². The van der Waals surface area contributed by atoms with Crippen LogP contribution in [0.5, 0.6) is 0 Å². The Labute approximate surface area is 111 Å². The van der Waals surface area contributed by atoms with Crippen LogP contribution >= 0.6 is 0 Å². The van der Waals surface area contributed by atoms with Gasteiger partial charge in [-0.1, -0.05) is 6.08 Å². The third-order valence-corrected chi connectivity index (χ3v) is 2.52. The topological polar surface area (TPSA) is 85.8 Å². The summed E-state index contributed by atoms with van der Waals surface area (Å²) in [6, 6.07) is 4.65. The normalized spacial score (nSPS) is 11.8. The largest absolute Gasteiger partial charge is 0.322 e. The highest BCUT2D eigenvalue weighted by Crippen LogP contribution is 2.16. The average Bonchev–Trinajstić information content (AvgIpc) is 2.93. The van der Waals surface area contributed by atoms with Crippen molar-refractivity contribution >= 4 is 11.6 Å². The molecule has 3 N–H and O–H groups in total. The minimum absolute atomic E-state index is 0.277. The summed E-state index contributed by atoms with van der Waals surface area (Å²) in [7, 11) is 0. The maximum Gasteiger partial charge on any atom is 0.241 e. The number of carbonyl (C=O) groups excluding carboxylic acids is 1. The van der Waals surface area contributed by atoms with Crippen molar-refractivity contribution < 1.29 is 4.79 Å². The first-order chi connectivity index (χ1) is 9.22. The van der Waals surface area contributed by atoms with Crippen LogP contribution in [0.15, 0.2) is 49.4 Å². The number of amides is 1. The lowest BCUT2D eigenvalue weighted by molar-refractivity contribution is -0.117. The smallest absolute Gasteiger partial charge is 0.241 e. The zero-order valence-electron chi connectivity index (χ0n) is 10.4. The Balaban J connectivity index is 2.21. The molecule has 1 amide bonds. The van der Waals surface area contributed by atoms with Gasteiger partial charge in [0.15, 0.2) is 5.82 Å². The second-order valence-corrected chi connectivity index (χ2v) is 3.95. The summed E-state index contributed by atoms with van der Waals surface area (Å²) < 4.78 is 1.58. The molecule has 6 nitrogen and oxygen atoms in total. The lowest BCUT2D eigenvalue weighted by Crippen LogP contribution is -2.35. The van der Waals surface area contributed by atoms with E-state index in [-0.39, 0.29) is 5.91 Å². The van der Waals surface area contributed by atoms with Gasteiger partial charge in [-0.3, -0.25) is 4.79 Å². The number of hydrogen-bond acceptors (Lipinski definition) is 4. The van der Waals surface area contributed by atoms with Crippen LogP contribution in [0, 0.1) is 0 Å². The van der Waals surface area contributed by atoms with Gasteiger partial charge < -0.3 is 11.1 Å². The van der Waals surface area contributed by atoms with E-state index in [1.807, 2.05) is 0 Å². The number of nitrogens with zero attached hydrogens (tertiary/aromatic N) is 3. The van der Waals surface area contributed by atoms with Crippen LogP contribution < -0.4 is 11.1 Å². The zero-order valence-corrected chi connectivity index (χ0v) is 10.4. The Morgan fingerprint density at radius 2 is 2.37 bits per heavy atom. The first kappa shape index (κ1) is 13.0. The van der Waals surface area contributed by atoms with E-state index in [0.717, 1.165) is 0 Å². The summed E-state index contributed by atoms with van der Waals surface area (Å²) in [6.45, 7) is 3.56. The van der Waals surface area contributed by atoms with Crippen LogP contribution in [-0.4, -0.2) is 26.7 Å². The van der Waals surface area contributed by atoms with Gasteiger partial charge in [0.05, 0.1) is 11.7 Å². The summed E-state index contributed by atoms with van der Waals surface area (Å²) in [5.41, 5.74) is 6.28. The van der Waals surface area contributed by atoms with Crippen molar-refractivity contribution in [1.29, 1.82) is 0 Å². The quantitative estimate of drug-likeness (QED) is 0.786. The molecule has 6 heteroatoms. The maximum absolute atomic E-state index is 11.9. The van der Waals surface area contributed by atoms with Crippen molar-refractivity contribution in [2.24, 2.45) is 5.73 Å². The van der Waals surface area contributed by atoms with Gasteiger partial charge in [-0.2, -0.15) is 5.10 Å². The highest BCUT2D eigenvalue weighted by atomic mass is 16.2. The van der Waals surface area contributed by atoms with Gasteiger partial charge in [-0.15, -0.1) is 6.58 Å². The van der Waals surface area contributed by atoms with Gasteiger partial charge in [0.1, 0.15) is 0 Å². The van der Waals surface area contributed by atoms with Crippen molar-refractivity contribution in [2.45, 2.75) is 12.5 Å². The molecule has 0 spiro atoms. The summed E-state index contributed by atoms with van der Waals surface area (Å²) in [5.74, 6) is 0.271. The second-order valence-electron chi connectivity index (χ2n) is 3.95. The fourth-order valence-corrected chi connectivity index (χ4v) is 1.58. The lowest BCUT2D eigenvalue weighted by atomic mass is 10.2. The van der Waals surface area contributed by atoms with Gasteiger partial charge in [-0.05, 0) is 24.6 Å². The van der Waals surface area contributed by atoms with Gasteiger partial charge in [-0.25, -0.2) is 9.67 Å². The summed E-state index contributed by atoms with van der Waals surface area (Å²) in [5, 5.41) is 6.84. The molecule has 0 aliphatic rings. The number of hydrogen-bond donors (Lipinski definition) is 2. The molecule has 0 radical (unpaired) electrons. The average molecular weight is 257 g/mol. The molecule has 0 aliphatic heterocycles. The number of pyridine rings is 1. The predicted octanol–water partition coefficient (Wildman–Crippen LogP) is 1.11. The zero-order chi connectivity index (χ0) is 13.7. The number of aromatic nitrogens is 3. The molecule has 2 aromatic rings. The Kier molecular flexibility index (Phi) is 4.04. The van der Waals surface area contributed by atoms with Crippen molar-refractivity contribution in [3.8, 4) is 5.82 Å². The molecule has 0 aromatic carbocycles. The van der Waals surface area contributed by atoms with Crippen molar-refractivity contribution in [2.75, 3.05) is 5.32 Å². The second kappa shape index (κ2) is 5.92. The molecule has 2 heterocycles. The monoisotopic (exact) mass is 257 g/mol. The van der Waals surface area contributed by atoms with Crippen LogP contribution in [0.4, 0.5) is 5.69 Å². The molecule has 0 saturated carbocycles. The van der Waals surface area contributed by atoms with Crippen LogP contribution in [0.1, 0.15) is 6.42 Å². The van der Waals surface area contributed by atoms with Crippen LogP contribution in [-0.2, 0) is 4.79 Å². The van der Waals surface area contributed by atoms with E-state index in [4.69, 9.17) is 5.73 Å². The van der Waals surface area contributed by atoms with E-state index >= 15 is 0 Å². The maximum atomic E-state index is 11.9. The number of anilines is 1. The standard InChI is InChI=1S/C13H15N5O/c1-2-5-10(14)13(19)17-11-6-3-7-15-12(11)18-9-4-8-16-18/h2-4,6-10H,1,5,14H2,(H,17,19). The Hall–Kier alpha value is -2.47. The van der Waals surface area contributed by atoms with E-state index in [1.165, 1.54) is 0 Å². The number of rotatable bonds is 5. The molecule has 0 saturated heterocycles. The summed E-state index contributed by atoms with van der Waals surface area (Å²) >= 11 is 0. The fraction of sp³-hybridized carbons (Fsp3) is 0.154.